The van der Waals surface area contributed by atoms with Crippen LogP contribution in [0.2, 0.25) is 0 Å². The Morgan fingerprint density at radius 3 is 2.55 bits per heavy atom. The average Bonchev–Trinajstić information content (AvgIpc) is 3.12. The first kappa shape index (κ1) is 20.1. The van der Waals surface area contributed by atoms with Gasteiger partial charge in [-0.05, 0) is 35.9 Å². The monoisotopic (exact) mass is 404 g/mol. The largest absolute Gasteiger partial charge is 0.471 e. The number of ether oxygens (including phenoxy) is 1. The number of carbonyl (C=O) groups is 3. The van der Waals surface area contributed by atoms with Crippen molar-refractivity contribution in [2.75, 3.05) is 23.4 Å². The van der Waals surface area contributed by atoms with Gasteiger partial charge in [0.2, 0.25) is 0 Å². The van der Waals surface area contributed by atoms with Crippen LogP contribution in [0.5, 0.6) is 0 Å². The van der Waals surface area contributed by atoms with E-state index in [2.05, 4.69) is 0 Å². The number of carbonyl (C=O) groups excluding carboxylic acids is 3. The van der Waals surface area contributed by atoms with Gasteiger partial charge in [0, 0.05) is 16.9 Å². The Morgan fingerprint density at radius 1 is 1.10 bits per heavy atom. The van der Waals surface area contributed by atoms with E-state index < -0.39 is 18.2 Å². The number of anilines is 2. The number of rotatable bonds is 5. The quantitative estimate of drug-likeness (QED) is 0.603. The average molecular weight is 404 g/mol. The number of halogens is 3. The fraction of sp³-hybridized carbons (Fsp3) is 0.150. The molecular weight excluding hydrogens is 389 g/mol. The molecule has 0 unspecified atom stereocenters. The van der Waals surface area contributed by atoms with Crippen LogP contribution in [-0.2, 0) is 9.53 Å². The first-order valence-electron chi connectivity index (χ1n) is 8.49. The van der Waals surface area contributed by atoms with Crippen LogP contribution in [0, 0.1) is 0 Å². The van der Waals surface area contributed by atoms with E-state index in [4.69, 9.17) is 4.74 Å². The summed E-state index contributed by atoms with van der Waals surface area (Å²) >= 11 is 0. The molecule has 1 saturated heterocycles. The number of alkyl halides is 3. The summed E-state index contributed by atoms with van der Waals surface area (Å²) in [5, 5.41) is 1.75. The van der Waals surface area contributed by atoms with Crippen LogP contribution in [0.4, 0.5) is 29.3 Å². The zero-order valence-corrected chi connectivity index (χ0v) is 14.9. The number of hydrogen-bond acceptors (Lipinski definition) is 4. The lowest BCUT2D eigenvalue weighted by molar-refractivity contribution is -0.167. The topological polar surface area (TPSA) is 75.7 Å². The maximum absolute atomic E-state index is 12.4. The number of allylic oxidation sites excluding steroid dienone is 1. The van der Waals surface area contributed by atoms with E-state index in [1.807, 2.05) is 0 Å². The van der Waals surface area contributed by atoms with Crippen molar-refractivity contribution in [2.24, 2.45) is 0 Å². The van der Waals surface area contributed by atoms with E-state index in [-0.39, 0.29) is 18.1 Å². The van der Waals surface area contributed by atoms with Crippen LogP contribution in [0.15, 0.2) is 54.6 Å². The van der Waals surface area contributed by atoms with E-state index in [1.54, 1.807) is 35.6 Å². The summed E-state index contributed by atoms with van der Waals surface area (Å²) < 4.78 is 41.9. The number of hydrogen-bond donors (Lipinski definition) is 1. The van der Waals surface area contributed by atoms with Gasteiger partial charge in [-0.25, -0.2) is 4.79 Å². The molecule has 1 aliphatic rings. The lowest BCUT2D eigenvalue weighted by Gasteiger charge is -2.13. The van der Waals surface area contributed by atoms with Crippen LogP contribution in [-0.4, -0.2) is 37.1 Å². The molecule has 0 atom stereocenters. The van der Waals surface area contributed by atoms with Crippen molar-refractivity contribution in [1.82, 2.24) is 0 Å². The Balaban J connectivity index is 1.72. The highest BCUT2D eigenvalue weighted by Crippen LogP contribution is 2.21. The van der Waals surface area contributed by atoms with Gasteiger partial charge in [-0.1, -0.05) is 30.3 Å². The second kappa shape index (κ2) is 8.17. The molecule has 0 bridgehead atoms. The van der Waals surface area contributed by atoms with Crippen molar-refractivity contribution in [3.05, 3.63) is 65.7 Å². The summed E-state index contributed by atoms with van der Waals surface area (Å²) in [6.07, 6.45) is -2.80. The number of cyclic esters (lactones) is 1. The first-order valence-corrected chi connectivity index (χ1v) is 8.49. The molecule has 6 nitrogen and oxygen atoms in total. The highest BCUT2D eigenvalue weighted by atomic mass is 19.4. The van der Waals surface area contributed by atoms with Crippen molar-refractivity contribution in [1.29, 1.82) is 0 Å². The molecule has 1 fully saturated rings. The lowest BCUT2D eigenvalue weighted by atomic mass is 10.1. The highest BCUT2D eigenvalue weighted by Gasteiger charge is 2.38. The number of benzene rings is 2. The molecule has 0 aliphatic carbocycles. The van der Waals surface area contributed by atoms with E-state index >= 15 is 0 Å². The summed E-state index contributed by atoms with van der Waals surface area (Å²) in [5.74, 6) is -2.43. The number of ketones is 1. The molecule has 1 aliphatic heterocycles. The van der Waals surface area contributed by atoms with Gasteiger partial charge in [-0.2, -0.15) is 13.2 Å². The van der Waals surface area contributed by atoms with Gasteiger partial charge in [0.15, 0.2) is 5.78 Å². The SMILES string of the molecule is O=C(C=Cc1cccc(NC(=O)C(F)(F)F)c1)c1cccc(N2CCOC2=O)c1. The number of nitrogens with one attached hydrogen (secondary N) is 1. The highest BCUT2D eigenvalue weighted by molar-refractivity contribution is 6.07. The van der Waals surface area contributed by atoms with Crippen molar-refractivity contribution >= 4 is 35.2 Å². The van der Waals surface area contributed by atoms with Gasteiger partial charge in [0.1, 0.15) is 6.61 Å². The fourth-order valence-corrected chi connectivity index (χ4v) is 2.65. The molecule has 3 rings (SSSR count). The van der Waals surface area contributed by atoms with Gasteiger partial charge in [0.05, 0.1) is 6.54 Å². The predicted octanol–water partition coefficient (Wildman–Crippen LogP) is 4.04. The number of nitrogens with zero attached hydrogens (tertiary/aromatic N) is 1. The second-order valence-electron chi connectivity index (χ2n) is 6.09. The summed E-state index contributed by atoms with van der Waals surface area (Å²) in [5.41, 5.74) is 1.25. The second-order valence-corrected chi connectivity index (χ2v) is 6.09. The standard InChI is InChI=1S/C20H15F3N2O4/c21-20(22,23)18(27)24-15-5-1-3-13(11-15)7-8-17(26)14-4-2-6-16(12-14)25-9-10-29-19(25)28/h1-8,11-12H,9-10H2,(H,24,27). The maximum atomic E-state index is 12.4. The van der Waals surface area contributed by atoms with Crippen LogP contribution in [0.1, 0.15) is 15.9 Å². The van der Waals surface area contributed by atoms with E-state index in [1.165, 1.54) is 35.3 Å². The smallest absolute Gasteiger partial charge is 0.447 e. The zero-order chi connectivity index (χ0) is 21.0. The minimum absolute atomic E-state index is 0.0449. The Kier molecular flexibility index (Phi) is 5.67. The first-order chi connectivity index (χ1) is 13.7. The Hall–Kier alpha value is -3.62. The Labute approximate surface area is 163 Å². The maximum Gasteiger partial charge on any atom is 0.471 e. The summed E-state index contributed by atoms with van der Waals surface area (Å²) in [6.45, 7) is 0.668. The van der Waals surface area contributed by atoms with E-state index in [0.29, 0.717) is 23.4 Å². The van der Waals surface area contributed by atoms with Crippen LogP contribution >= 0.6 is 0 Å². The third kappa shape index (κ3) is 5.01. The molecule has 0 aromatic heterocycles. The summed E-state index contributed by atoms with van der Waals surface area (Å²) in [6, 6.07) is 12.1. The van der Waals surface area contributed by atoms with Gasteiger partial charge in [0.25, 0.3) is 0 Å². The predicted molar refractivity (Wildman–Crippen MR) is 99.6 cm³/mol. The fourth-order valence-electron chi connectivity index (χ4n) is 2.65. The molecule has 2 aromatic rings. The molecule has 9 heteroatoms. The van der Waals surface area contributed by atoms with Crippen LogP contribution in [0.25, 0.3) is 6.08 Å². The summed E-state index contributed by atoms with van der Waals surface area (Å²) in [4.78, 5) is 36.5. The summed E-state index contributed by atoms with van der Waals surface area (Å²) in [7, 11) is 0. The zero-order valence-electron chi connectivity index (χ0n) is 14.9. The normalized spacial score (nSPS) is 14.2. The molecule has 1 heterocycles. The minimum atomic E-state index is -4.99. The van der Waals surface area contributed by atoms with Gasteiger partial charge < -0.3 is 10.1 Å². The van der Waals surface area contributed by atoms with Crippen LogP contribution < -0.4 is 10.2 Å². The van der Waals surface area contributed by atoms with Crippen molar-refractivity contribution in [3.63, 3.8) is 0 Å². The lowest BCUT2D eigenvalue weighted by Crippen LogP contribution is -2.29. The third-order valence-electron chi connectivity index (χ3n) is 4.03. The Bertz CT molecular complexity index is 986. The number of amides is 2. The minimum Gasteiger partial charge on any atom is -0.447 e. The molecule has 2 aromatic carbocycles. The Morgan fingerprint density at radius 2 is 1.86 bits per heavy atom. The molecule has 1 N–H and O–H groups in total. The van der Waals surface area contributed by atoms with Crippen molar-refractivity contribution < 1.29 is 32.3 Å². The van der Waals surface area contributed by atoms with Crippen LogP contribution in [0.3, 0.4) is 0 Å². The van der Waals surface area contributed by atoms with Gasteiger partial charge in [-0.15, -0.1) is 0 Å². The van der Waals surface area contributed by atoms with E-state index in [9.17, 15) is 27.6 Å². The molecule has 2 amide bonds. The molecule has 0 radical (unpaired) electrons. The molecule has 0 saturated carbocycles. The van der Waals surface area contributed by atoms with E-state index in [0.717, 1.165) is 0 Å². The van der Waals surface area contributed by atoms with Crippen molar-refractivity contribution in [2.45, 2.75) is 6.18 Å². The van der Waals surface area contributed by atoms with Gasteiger partial charge >= 0.3 is 18.2 Å². The molecule has 150 valence electrons. The van der Waals surface area contributed by atoms with Gasteiger partial charge in [-0.3, -0.25) is 14.5 Å². The molecule has 0 spiro atoms. The third-order valence-corrected chi connectivity index (χ3v) is 4.03. The molecular formula is C20H15F3N2O4. The van der Waals surface area contributed by atoms with Crippen molar-refractivity contribution in [3.8, 4) is 0 Å². The molecule has 29 heavy (non-hydrogen) atoms.